The zero-order chi connectivity index (χ0) is 15.6. The van der Waals surface area contributed by atoms with E-state index in [0.29, 0.717) is 12.0 Å². The fourth-order valence-corrected chi connectivity index (χ4v) is 2.33. The van der Waals surface area contributed by atoms with E-state index in [1.165, 1.54) is 6.07 Å². The molecule has 3 N–H and O–H groups in total. The van der Waals surface area contributed by atoms with E-state index in [-0.39, 0.29) is 0 Å². The molecule has 1 saturated heterocycles. The summed E-state index contributed by atoms with van der Waals surface area (Å²) >= 11 is 0. The summed E-state index contributed by atoms with van der Waals surface area (Å²) in [5.41, 5.74) is -0.288. The molecule has 2 rings (SSSR count). The molecule has 1 aliphatic rings. The zero-order valence-corrected chi connectivity index (χ0v) is 11.4. The van der Waals surface area contributed by atoms with Crippen molar-refractivity contribution in [2.45, 2.75) is 38.3 Å². The van der Waals surface area contributed by atoms with Gasteiger partial charge < -0.3 is 20.3 Å². The largest absolute Gasteiger partial charge is 0.504 e. The van der Waals surface area contributed by atoms with Gasteiger partial charge in [-0.05, 0) is 24.5 Å². The third-order valence-corrected chi connectivity index (χ3v) is 3.39. The molecule has 2 atom stereocenters. The fourth-order valence-electron chi connectivity index (χ4n) is 2.33. The molecule has 8 nitrogen and oxygen atoms in total. The second-order valence-corrected chi connectivity index (χ2v) is 4.87. The van der Waals surface area contributed by atoms with Gasteiger partial charge in [-0.25, -0.2) is 4.79 Å². The molecule has 21 heavy (non-hydrogen) atoms. The van der Waals surface area contributed by atoms with Crippen molar-refractivity contribution < 1.29 is 24.7 Å². The number of nitrogens with zero attached hydrogens (tertiary/aromatic N) is 1. The van der Waals surface area contributed by atoms with Crippen molar-refractivity contribution in [2.24, 2.45) is 0 Å². The van der Waals surface area contributed by atoms with E-state index in [9.17, 15) is 25.1 Å². The number of ether oxygens (including phenoxy) is 1. The molecule has 1 heterocycles. The number of hydrogen-bond acceptors (Lipinski definition) is 6. The SMILES string of the molecule is CCCC[C@@H]1OC(=O)N[C@@H]1c1cc(O)c(O)c([N+](=O)[O-])c1. The molecule has 1 fully saturated rings. The normalized spacial score (nSPS) is 20.9. The minimum Gasteiger partial charge on any atom is -0.504 e. The molecular weight excluding hydrogens is 280 g/mol. The molecule has 0 bridgehead atoms. The number of alkyl carbamates (subject to hydrolysis) is 1. The summed E-state index contributed by atoms with van der Waals surface area (Å²) < 4.78 is 5.14. The van der Waals surface area contributed by atoms with E-state index >= 15 is 0 Å². The summed E-state index contributed by atoms with van der Waals surface area (Å²) in [6.07, 6.45) is 1.30. The Labute approximate surface area is 120 Å². The number of nitro groups is 1. The van der Waals surface area contributed by atoms with Gasteiger partial charge in [-0.1, -0.05) is 13.3 Å². The Bertz CT molecular complexity index is 574. The Hall–Kier alpha value is -2.51. The number of benzene rings is 1. The van der Waals surface area contributed by atoms with Crippen LogP contribution in [0.2, 0.25) is 0 Å². The van der Waals surface area contributed by atoms with E-state index in [0.717, 1.165) is 18.9 Å². The van der Waals surface area contributed by atoms with Gasteiger partial charge in [-0.15, -0.1) is 0 Å². The molecule has 0 radical (unpaired) electrons. The first-order chi connectivity index (χ1) is 9.93. The third-order valence-electron chi connectivity index (χ3n) is 3.39. The van der Waals surface area contributed by atoms with Crippen molar-refractivity contribution in [3.05, 3.63) is 27.8 Å². The second kappa shape index (κ2) is 5.86. The quantitative estimate of drug-likeness (QED) is 0.435. The summed E-state index contributed by atoms with van der Waals surface area (Å²) in [6, 6.07) is 1.74. The van der Waals surface area contributed by atoms with Crippen LogP contribution in [0.15, 0.2) is 12.1 Å². The van der Waals surface area contributed by atoms with Crippen LogP contribution in [0.1, 0.15) is 37.8 Å². The average Bonchev–Trinajstić information content (AvgIpc) is 2.80. The average molecular weight is 296 g/mol. The smallest absolute Gasteiger partial charge is 0.408 e. The molecule has 0 unspecified atom stereocenters. The molecule has 0 aromatic heterocycles. The topological polar surface area (TPSA) is 122 Å². The first-order valence-corrected chi connectivity index (χ1v) is 6.61. The highest BCUT2D eigenvalue weighted by Gasteiger charge is 2.36. The number of nitro benzene ring substituents is 1. The highest BCUT2D eigenvalue weighted by Crippen LogP contribution is 2.40. The summed E-state index contributed by atoms with van der Waals surface area (Å²) in [4.78, 5) is 21.5. The Kier molecular flexibility index (Phi) is 4.15. The highest BCUT2D eigenvalue weighted by molar-refractivity contribution is 5.71. The maximum Gasteiger partial charge on any atom is 0.408 e. The van der Waals surface area contributed by atoms with E-state index in [1.54, 1.807) is 0 Å². The number of carbonyl (C=O) groups excluding carboxylic acids is 1. The number of phenols is 2. The summed E-state index contributed by atoms with van der Waals surface area (Å²) in [7, 11) is 0. The Morgan fingerprint density at radius 3 is 2.76 bits per heavy atom. The van der Waals surface area contributed by atoms with Crippen molar-refractivity contribution in [3.63, 3.8) is 0 Å². The van der Waals surface area contributed by atoms with E-state index < -0.39 is 40.3 Å². The van der Waals surface area contributed by atoms with Crippen LogP contribution in [-0.2, 0) is 4.74 Å². The van der Waals surface area contributed by atoms with Crippen LogP contribution in [0.3, 0.4) is 0 Å². The number of cyclic esters (lactones) is 1. The van der Waals surface area contributed by atoms with Gasteiger partial charge in [0, 0.05) is 6.07 Å². The lowest BCUT2D eigenvalue weighted by atomic mass is 9.97. The van der Waals surface area contributed by atoms with Crippen molar-refractivity contribution in [3.8, 4) is 11.5 Å². The predicted molar refractivity (Wildman–Crippen MR) is 72.1 cm³/mol. The first kappa shape index (κ1) is 14.9. The summed E-state index contributed by atoms with van der Waals surface area (Å²) in [6.45, 7) is 2.00. The lowest BCUT2D eigenvalue weighted by molar-refractivity contribution is -0.386. The van der Waals surface area contributed by atoms with Crippen LogP contribution in [0.25, 0.3) is 0 Å². The standard InChI is InChI=1S/C13H16N2O6/c1-2-3-4-10-11(14-13(18)21-10)7-5-8(15(19)20)12(17)9(16)6-7/h5-6,10-11,16-17H,2-4H2,1H3,(H,14,18)/t10-,11+/m0/s1. The van der Waals surface area contributed by atoms with Gasteiger partial charge in [0.15, 0.2) is 5.75 Å². The highest BCUT2D eigenvalue weighted by atomic mass is 16.6. The lowest BCUT2D eigenvalue weighted by Gasteiger charge is -2.17. The van der Waals surface area contributed by atoms with E-state index in [1.807, 2.05) is 6.92 Å². The number of phenolic OH excluding ortho intramolecular Hbond substituents is 2. The van der Waals surface area contributed by atoms with Gasteiger partial charge in [-0.3, -0.25) is 10.1 Å². The summed E-state index contributed by atoms with van der Waals surface area (Å²) in [5.74, 6) is -1.39. The van der Waals surface area contributed by atoms with Crippen LogP contribution < -0.4 is 5.32 Å². The molecule has 0 aliphatic carbocycles. The van der Waals surface area contributed by atoms with Gasteiger partial charge >= 0.3 is 11.8 Å². The van der Waals surface area contributed by atoms with Crippen LogP contribution >= 0.6 is 0 Å². The first-order valence-electron chi connectivity index (χ1n) is 6.61. The molecule has 0 saturated carbocycles. The minimum atomic E-state index is -0.794. The number of nitrogens with one attached hydrogen (secondary N) is 1. The van der Waals surface area contributed by atoms with Crippen molar-refractivity contribution in [1.29, 1.82) is 0 Å². The Morgan fingerprint density at radius 1 is 1.43 bits per heavy atom. The number of carbonyl (C=O) groups is 1. The Balaban J connectivity index is 2.35. The molecule has 1 aromatic carbocycles. The van der Waals surface area contributed by atoms with Gasteiger partial charge in [0.2, 0.25) is 5.75 Å². The number of hydrogen-bond donors (Lipinski definition) is 3. The molecule has 0 spiro atoms. The Morgan fingerprint density at radius 2 is 2.14 bits per heavy atom. The van der Waals surface area contributed by atoms with E-state index in [4.69, 9.17) is 4.74 Å². The second-order valence-electron chi connectivity index (χ2n) is 4.87. The zero-order valence-electron chi connectivity index (χ0n) is 11.4. The van der Waals surface area contributed by atoms with Gasteiger partial charge in [0.1, 0.15) is 6.10 Å². The molecule has 114 valence electrons. The van der Waals surface area contributed by atoms with Gasteiger partial charge in [0.05, 0.1) is 11.0 Å². The fraction of sp³-hybridized carbons (Fsp3) is 0.462. The number of amides is 1. The van der Waals surface area contributed by atoms with Gasteiger partial charge in [-0.2, -0.15) is 0 Å². The number of unbranched alkanes of at least 4 members (excludes halogenated alkanes) is 1. The van der Waals surface area contributed by atoms with Crippen LogP contribution in [0, 0.1) is 10.1 Å². The molecule has 1 aromatic rings. The van der Waals surface area contributed by atoms with Crippen LogP contribution in [0.5, 0.6) is 11.5 Å². The molecule has 8 heteroatoms. The van der Waals surface area contributed by atoms with Crippen molar-refractivity contribution >= 4 is 11.8 Å². The van der Waals surface area contributed by atoms with Crippen molar-refractivity contribution in [2.75, 3.05) is 0 Å². The van der Waals surface area contributed by atoms with Crippen LogP contribution in [0.4, 0.5) is 10.5 Å². The number of aromatic hydroxyl groups is 2. The van der Waals surface area contributed by atoms with Gasteiger partial charge in [0.25, 0.3) is 0 Å². The molecule has 1 aliphatic heterocycles. The molecule has 1 amide bonds. The summed E-state index contributed by atoms with van der Waals surface area (Å²) in [5, 5.41) is 32.5. The predicted octanol–water partition coefficient (Wildman–Crippen LogP) is 2.35. The number of rotatable bonds is 5. The van der Waals surface area contributed by atoms with Crippen LogP contribution in [-0.4, -0.2) is 27.3 Å². The van der Waals surface area contributed by atoms with E-state index in [2.05, 4.69) is 5.32 Å². The third kappa shape index (κ3) is 2.99. The maximum atomic E-state index is 11.4. The molecular formula is C13H16N2O6. The monoisotopic (exact) mass is 296 g/mol. The maximum absolute atomic E-state index is 11.4. The van der Waals surface area contributed by atoms with Crippen molar-refractivity contribution in [1.82, 2.24) is 5.32 Å². The minimum absolute atomic E-state index is 0.323. The lowest BCUT2D eigenvalue weighted by Crippen LogP contribution is -2.22.